The molecule has 3 saturated heterocycles. The molecule has 0 unspecified atom stereocenters. The number of aliphatic hydroxyl groups excluding tert-OH is 1. The summed E-state index contributed by atoms with van der Waals surface area (Å²) in [6.45, 7) is 14.6. The van der Waals surface area contributed by atoms with E-state index in [9.17, 15) is 15.0 Å². The van der Waals surface area contributed by atoms with E-state index in [0.29, 0.717) is 42.7 Å². The predicted octanol–water partition coefficient (Wildman–Crippen LogP) is 5.73. The van der Waals surface area contributed by atoms with Crippen LogP contribution < -0.4 is 0 Å². The zero-order valence-electron chi connectivity index (χ0n) is 28.7. The SMILES string of the molecule is CO/N=C1\C[C@]2(C[C@@H]3C[C@@H](C/C=C(/C)C[C@@H](C)/C=C\C=C4CO[C@@H]5[C@H](O)C(C)=C[C@@H](C(=O)O3)[C@]45O)O2)O[C@H](/C(C)=C/C(C)C)[C@H]1C. The minimum Gasteiger partial charge on any atom is -0.462 e. The second-order valence-corrected chi connectivity index (χ2v) is 14.5. The van der Waals surface area contributed by atoms with E-state index in [1.807, 2.05) is 12.2 Å². The van der Waals surface area contributed by atoms with Crippen molar-refractivity contribution in [1.29, 1.82) is 0 Å². The fourth-order valence-electron chi connectivity index (χ4n) is 7.94. The molecule has 0 radical (unpaired) electrons. The maximum absolute atomic E-state index is 14.2. The standard InChI is InChI=1S/C37H53NO8/c1-21(2)14-25(6)33-26(7)31(38-42-8)19-36(46-33)18-29-17-28(45-36)13-12-23(4)15-22(3)10-9-11-27-20-43-34-32(39)24(5)16-30(35(40)44-29)37(27,34)41/h9-12,14,16,21-22,26,28-30,32-34,39,41H,13,15,17-20H2,1-8H3/b10-9-,23-12-,25-14+,27-11?,38-31+/t22-,26-,28+,29-,30-,32+,33+,34+,36-,37+/m0/s1. The molecular formula is C37H53NO8. The molecule has 5 aliphatic rings. The molecule has 254 valence electrons. The Morgan fingerprint density at radius 3 is 2.67 bits per heavy atom. The molecule has 3 fully saturated rings. The first-order chi connectivity index (χ1) is 21.8. The number of carbonyl (C=O) groups excluding carboxylic acids is 1. The fraction of sp³-hybridized carbons (Fsp3) is 0.676. The van der Waals surface area contributed by atoms with Gasteiger partial charge in [-0.1, -0.05) is 74.9 Å². The van der Waals surface area contributed by atoms with Crippen molar-refractivity contribution < 1.29 is 38.8 Å². The van der Waals surface area contributed by atoms with Crippen LogP contribution in [0.4, 0.5) is 0 Å². The number of hydrogen-bond donors (Lipinski definition) is 2. The highest BCUT2D eigenvalue weighted by molar-refractivity contribution is 5.88. The van der Waals surface area contributed by atoms with Crippen molar-refractivity contribution in [1.82, 2.24) is 0 Å². The highest BCUT2D eigenvalue weighted by atomic mass is 16.7. The Kier molecular flexibility index (Phi) is 10.5. The zero-order valence-corrected chi connectivity index (χ0v) is 28.7. The summed E-state index contributed by atoms with van der Waals surface area (Å²) < 4.78 is 26.0. The van der Waals surface area contributed by atoms with Crippen LogP contribution in [0.15, 0.2) is 63.9 Å². The Bertz CT molecular complexity index is 1340. The Balaban J connectivity index is 1.55. The van der Waals surface area contributed by atoms with Gasteiger partial charge in [-0.3, -0.25) is 4.79 Å². The van der Waals surface area contributed by atoms with E-state index >= 15 is 0 Å². The smallest absolute Gasteiger partial charge is 0.316 e. The van der Waals surface area contributed by atoms with Gasteiger partial charge in [0.1, 0.15) is 36.9 Å². The van der Waals surface area contributed by atoms with Crippen LogP contribution in [0.3, 0.4) is 0 Å². The number of hydrogen-bond acceptors (Lipinski definition) is 9. The number of nitrogens with zero attached hydrogens (tertiary/aromatic N) is 1. The first-order valence-corrected chi connectivity index (χ1v) is 16.8. The largest absolute Gasteiger partial charge is 0.462 e. The van der Waals surface area contributed by atoms with Crippen molar-refractivity contribution in [2.45, 2.75) is 122 Å². The molecule has 0 amide bonds. The van der Waals surface area contributed by atoms with E-state index in [2.05, 4.69) is 64.9 Å². The Hall–Kier alpha value is -2.56. The molecular weight excluding hydrogens is 586 g/mol. The molecule has 1 aliphatic carbocycles. The van der Waals surface area contributed by atoms with Gasteiger partial charge in [0, 0.05) is 25.2 Å². The van der Waals surface area contributed by atoms with Crippen molar-refractivity contribution in [3.8, 4) is 0 Å². The maximum Gasteiger partial charge on any atom is 0.316 e. The lowest BCUT2D eigenvalue weighted by molar-refractivity contribution is -0.313. The molecule has 9 heteroatoms. The van der Waals surface area contributed by atoms with E-state index < -0.39 is 41.6 Å². The van der Waals surface area contributed by atoms with Crippen LogP contribution in [-0.2, 0) is 28.6 Å². The van der Waals surface area contributed by atoms with Crippen LogP contribution in [0.1, 0.15) is 80.6 Å². The first-order valence-electron chi connectivity index (χ1n) is 16.8. The van der Waals surface area contributed by atoms with Crippen molar-refractivity contribution in [2.24, 2.45) is 28.8 Å². The van der Waals surface area contributed by atoms with E-state index in [0.717, 1.165) is 17.7 Å². The van der Waals surface area contributed by atoms with Gasteiger partial charge >= 0.3 is 5.97 Å². The summed E-state index contributed by atoms with van der Waals surface area (Å²) in [5, 5.41) is 27.6. The second-order valence-electron chi connectivity index (χ2n) is 14.5. The third-order valence-corrected chi connectivity index (χ3v) is 10.1. The third kappa shape index (κ3) is 6.99. The molecule has 0 saturated carbocycles. The van der Waals surface area contributed by atoms with Gasteiger partial charge in [0.25, 0.3) is 0 Å². The molecule has 0 aromatic carbocycles. The normalized spacial score (nSPS) is 43.4. The summed E-state index contributed by atoms with van der Waals surface area (Å²) in [6.07, 6.45) is 11.4. The number of fused-ring (bicyclic) bond motifs is 2. The summed E-state index contributed by atoms with van der Waals surface area (Å²) in [5.41, 5.74) is 2.54. The first kappa shape index (κ1) is 34.8. The predicted molar refractivity (Wildman–Crippen MR) is 176 cm³/mol. The number of ether oxygens (including phenoxy) is 4. The third-order valence-electron chi connectivity index (χ3n) is 10.1. The summed E-state index contributed by atoms with van der Waals surface area (Å²) in [6, 6.07) is 0. The van der Waals surface area contributed by atoms with E-state index in [1.54, 1.807) is 20.1 Å². The number of aliphatic hydroxyl groups is 2. The minimum absolute atomic E-state index is 0.0340. The lowest BCUT2D eigenvalue weighted by atomic mass is 9.71. The summed E-state index contributed by atoms with van der Waals surface area (Å²) in [4.78, 5) is 19.4. The molecule has 9 nitrogen and oxygen atoms in total. The summed E-state index contributed by atoms with van der Waals surface area (Å²) >= 11 is 0. The number of esters is 1. The van der Waals surface area contributed by atoms with Crippen LogP contribution in [0.5, 0.6) is 0 Å². The average molecular weight is 640 g/mol. The molecule has 2 bridgehead atoms. The molecule has 2 N–H and O–H groups in total. The van der Waals surface area contributed by atoms with Crippen LogP contribution in [0, 0.1) is 23.7 Å². The number of allylic oxidation sites excluding steroid dienone is 5. The van der Waals surface area contributed by atoms with Gasteiger partial charge in [0.2, 0.25) is 0 Å². The van der Waals surface area contributed by atoms with Gasteiger partial charge in [0.05, 0.1) is 24.5 Å². The topological polar surface area (TPSA) is 116 Å². The van der Waals surface area contributed by atoms with Crippen LogP contribution in [0.2, 0.25) is 0 Å². The fourth-order valence-corrected chi connectivity index (χ4v) is 7.94. The number of rotatable bonds is 3. The van der Waals surface area contributed by atoms with Crippen LogP contribution >= 0.6 is 0 Å². The Morgan fingerprint density at radius 2 is 1.96 bits per heavy atom. The maximum atomic E-state index is 14.2. The van der Waals surface area contributed by atoms with E-state index in [1.165, 1.54) is 5.57 Å². The quantitative estimate of drug-likeness (QED) is 0.229. The Morgan fingerprint density at radius 1 is 1.20 bits per heavy atom. The van der Waals surface area contributed by atoms with Gasteiger partial charge in [-0.05, 0) is 62.2 Å². The average Bonchev–Trinajstić information content (AvgIpc) is 3.31. The summed E-state index contributed by atoms with van der Waals surface area (Å²) in [5.74, 6) is -2.15. The van der Waals surface area contributed by atoms with Gasteiger partial charge in [-0.25, -0.2) is 0 Å². The van der Waals surface area contributed by atoms with Crippen molar-refractivity contribution in [3.63, 3.8) is 0 Å². The van der Waals surface area contributed by atoms with Crippen molar-refractivity contribution in [3.05, 3.63) is 58.7 Å². The number of oxime groups is 1. The lowest BCUT2D eigenvalue weighted by Gasteiger charge is -2.50. The molecule has 1 spiro atoms. The van der Waals surface area contributed by atoms with Crippen LogP contribution in [0.25, 0.3) is 0 Å². The van der Waals surface area contributed by atoms with Crippen molar-refractivity contribution >= 4 is 11.7 Å². The highest BCUT2D eigenvalue weighted by Gasteiger charge is 2.60. The second kappa shape index (κ2) is 13.9. The highest BCUT2D eigenvalue weighted by Crippen LogP contribution is 2.47. The molecule has 4 aliphatic heterocycles. The van der Waals surface area contributed by atoms with Crippen LogP contribution in [-0.4, -0.2) is 77.5 Å². The van der Waals surface area contributed by atoms with Crippen molar-refractivity contribution in [2.75, 3.05) is 13.7 Å². The number of carbonyl (C=O) groups is 1. The van der Waals surface area contributed by atoms with Gasteiger partial charge in [-0.15, -0.1) is 0 Å². The molecule has 0 aromatic heterocycles. The van der Waals surface area contributed by atoms with Gasteiger partial charge in [-0.2, -0.15) is 0 Å². The molecule has 4 heterocycles. The molecule has 10 atom stereocenters. The van der Waals surface area contributed by atoms with Gasteiger partial charge < -0.3 is 34.0 Å². The minimum atomic E-state index is -1.74. The molecule has 5 rings (SSSR count). The zero-order chi connectivity index (χ0) is 33.4. The van der Waals surface area contributed by atoms with E-state index in [-0.39, 0.29) is 30.7 Å². The lowest BCUT2D eigenvalue weighted by Crippen LogP contribution is -2.59. The monoisotopic (exact) mass is 639 g/mol. The molecule has 0 aromatic rings. The van der Waals surface area contributed by atoms with E-state index in [4.69, 9.17) is 23.8 Å². The molecule has 46 heavy (non-hydrogen) atoms. The van der Waals surface area contributed by atoms with Gasteiger partial charge in [0.15, 0.2) is 5.79 Å². The summed E-state index contributed by atoms with van der Waals surface area (Å²) in [7, 11) is 1.55. The Labute approximate surface area is 274 Å².